The summed E-state index contributed by atoms with van der Waals surface area (Å²) in [6.45, 7) is 0. The van der Waals surface area contributed by atoms with Gasteiger partial charge in [-0.2, -0.15) is 0 Å². The van der Waals surface area contributed by atoms with E-state index in [0.717, 1.165) is 5.39 Å². The normalized spacial score (nSPS) is 10.2. The molecule has 3 heteroatoms. The number of benzene rings is 2. The monoisotopic (exact) mass is 201 g/mol. The van der Waals surface area contributed by atoms with Gasteiger partial charge in [-0.05, 0) is 17.5 Å². The van der Waals surface area contributed by atoms with Gasteiger partial charge in [0.2, 0.25) is 0 Å². The molecule has 0 saturated heterocycles. The molecular weight excluding hydrogens is 190 g/mol. The minimum absolute atomic E-state index is 0.147. The number of carbonyl (C=O) groups excluding carboxylic acids is 1. The average molecular weight is 201 g/mol. The lowest BCUT2D eigenvalue weighted by Gasteiger charge is -2.06. The molecule has 2 aromatic rings. The second kappa shape index (κ2) is 3.61. The Labute approximate surface area is 87.3 Å². The third-order valence-corrected chi connectivity index (χ3v) is 2.37. The highest BCUT2D eigenvalue weighted by molar-refractivity contribution is 6.08. The van der Waals surface area contributed by atoms with Crippen molar-refractivity contribution < 1.29 is 9.90 Å². The van der Waals surface area contributed by atoms with E-state index >= 15 is 0 Å². The topological polar surface area (TPSA) is 49.3 Å². The van der Waals surface area contributed by atoms with Crippen LogP contribution in [0.25, 0.3) is 10.8 Å². The van der Waals surface area contributed by atoms with E-state index in [1.165, 1.54) is 6.07 Å². The van der Waals surface area contributed by atoms with Gasteiger partial charge in [0, 0.05) is 18.0 Å². The number of nitrogens with one attached hydrogen (secondary N) is 1. The molecule has 3 nitrogen and oxygen atoms in total. The number of fused-ring (bicyclic) bond motifs is 1. The maximum Gasteiger partial charge on any atom is 0.251 e. The lowest BCUT2D eigenvalue weighted by molar-refractivity contribution is 0.0965. The van der Waals surface area contributed by atoms with Crippen LogP contribution in [0.4, 0.5) is 0 Å². The fourth-order valence-corrected chi connectivity index (χ4v) is 1.62. The predicted octanol–water partition coefficient (Wildman–Crippen LogP) is 1.90. The van der Waals surface area contributed by atoms with Crippen LogP contribution in [0.1, 0.15) is 10.4 Å². The van der Waals surface area contributed by atoms with Crippen molar-refractivity contribution >= 4 is 16.7 Å². The first-order chi connectivity index (χ1) is 7.24. The second-order valence-corrected chi connectivity index (χ2v) is 3.26. The molecule has 0 spiro atoms. The van der Waals surface area contributed by atoms with Crippen molar-refractivity contribution in [3.63, 3.8) is 0 Å². The van der Waals surface area contributed by atoms with Crippen LogP contribution in [-0.2, 0) is 0 Å². The highest BCUT2D eigenvalue weighted by Crippen LogP contribution is 2.27. The Balaban J connectivity index is 2.77. The van der Waals surface area contributed by atoms with E-state index in [-0.39, 0.29) is 11.7 Å². The van der Waals surface area contributed by atoms with E-state index in [0.29, 0.717) is 10.9 Å². The van der Waals surface area contributed by atoms with Gasteiger partial charge >= 0.3 is 0 Å². The molecule has 0 aromatic heterocycles. The molecule has 0 bridgehead atoms. The van der Waals surface area contributed by atoms with Crippen molar-refractivity contribution in [2.75, 3.05) is 7.05 Å². The molecule has 0 atom stereocenters. The average Bonchev–Trinajstić information content (AvgIpc) is 2.29. The molecule has 0 radical (unpaired) electrons. The smallest absolute Gasteiger partial charge is 0.251 e. The zero-order valence-corrected chi connectivity index (χ0v) is 8.32. The molecule has 15 heavy (non-hydrogen) atoms. The SMILES string of the molecule is CNC(=O)c1ccc(O)c2ccccc12. The van der Waals surface area contributed by atoms with E-state index in [9.17, 15) is 9.90 Å². The number of phenolic OH excluding ortho intramolecular Hbond substituents is 1. The number of hydrogen-bond acceptors (Lipinski definition) is 2. The molecule has 0 aliphatic rings. The molecule has 2 rings (SSSR count). The van der Waals surface area contributed by atoms with E-state index < -0.39 is 0 Å². The van der Waals surface area contributed by atoms with Gasteiger partial charge in [0.1, 0.15) is 5.75 Å². The summed E-state index contributed by atoms with van der Waals surface area (Å²) in [5.41, 5.74) is 0.575. The van der Waals surface area contributed by atoms with Crippen molar-refractivity contribution in [1.82, 2.24) is 5.32 Å². The summed E-state index contributed by atoms with van der Waals surface area (Å²) >= 11 is 0. The summed E-state index contributed by atoms with van der Waals surface area (Å²) in [4.78, 5) is 11.5. The zero-order chi connectivity index (χ0) is 10.8. The summed E-state index contributed by atoms with van der Waals surface area (Å²) < 4.78 is 0. The molecule has 1 amide bonds. The first kappa shape index (κ1) is 9.52. The number of rotatable bonds is 1. The number of hydrogen-bond donors (Lipinski definition) is 2. The molecule has 2 N–H and O–H groups in total. The minimum atomic E-state index is -0.147. The quantitative estimate of drug-likeness (QED) is 0.740. The summed E-state index contributed by atoms with van der Waals surface area (Å²) in [6.07, 6.45) is 0. The molecule has 0 fully saturated rings. The Morgan fingerprint density at radius 3 is 2.47 bits per heavy atom. The lowest BCUT2D eigenvalue weighted by atomic mass is 10.0. The van der Waals surface area contributed by atoms with Crippen LogP contribution in [0.15, 0.2) is 36.4 Å². The van der Waals surface area contributed by atoms with Gasteiger partial charge in [-0.25, -0.2) is 0 Å². The van der Waals surface area contributed by atoms with E-state index in [2.05, 4.69) is 5.32 Å². The Kier molecular flexibility index (Phi) is 2.29. The first-order valence-corrected chi connectivity index (χ1v) is 4.67. The van der Waals surface area contributed by atoms with E-state index in [1.54, 1.807) is 19.2 Å². The molecule has 0 aliphatic heterocycles. The number of phenols is 1. The molecule has 76 valence electrons. The predicted molar refractivity (Wildman–Crippen MR) is 59.0 cm³/mol. The molecule has 0 saturated carbocycles. The maximum absolute atomic E-state index is 11.5. The van der Waals surface area contributed by atoms with Gasteiger partial charge in [-0.1, -0.05) is 24.3 Å². The summed E-state index contributed by atoms with van der Waals surface area (Å²) in [7, 11) is 1.59. The van der Waals surface area contributed by atoms with Gasteiger partial charge in [0.05, 0.1) is 0 Å². The standard InChI is InChI=1S/C12H11NO2/c1-13-12(15)10-6-7-11(14)9-5-3-2-4-8(9)10/h2-7,14H,1H3,(H,13,15). The fraction of sp³-hybridized carbons (Fsp3) is 0.0833. The van der Waals surface area contributed by atoms with Crippen molar-refractivity contribution in [2.45, 2.75) is 0 Å². The Hall–Kier alpha value is -2.03. The number of aromatic hydroxyl groups is 1. The highest BCUT2D eigenvalue weighted by atomic mass is 16.3. The molecule has 0 heterocycles. The summed E-state index contributed by atoms with van der Waals surface area (Å²) in [5, 5.41) is 13.6. The lowest BCUT2D eigenvalue weighted by Crippen LogP contribution is -2.17. The van der Waals surface area contributed by atoms with Crippen LogP contribution in [-0.4, -0.2) is 18.1 Å². The van der Waals surface area contributed by atoms with Crippen molar-refractivity contribution in [3.05, 3.63) is 42.0 Å². The minimum Gasteiger partial charge on any atom is -0.507 e. The summed E-state index contributed by atoms with van der Waals surface area (Å²) in [6, 6.07) is 10.4. The van der Waals surface area contributed by atoms with Crippen LogP contribution >= 0.6 is 0 Å². The summed E-state index contributed by atoms with van der Waals surface area (Å²) in [5.74, 6) is 0.0458. The van der Waals surface area contributed by atoms with Crippen molar-refractivity contribution in [1.29, 1.82) is 0 Å². The molecule has 2 aromatic carbocycles. The first-order valence-electron chi connectivity index (χ1n) is 4.67. The van der Waals surface area contributed by atoms with Crippen LogP contribution in [0, 0.1) is 0 Å². The van der Waals surface area contributed by atoms with Gasteiger partial charge in [0.25, 0.3) is 5.91 Å². The number of amides is 1. The van der Waals surface area contributed by atoms with Crippen LogP contribution < -0.4 is 5.32 Å². The van der Waals surface area contributed by atoms with Crippen LogP contribution in [0.3, 0.4) is 0 Å². The molecule has 0 unspecified atom stereocenters. The molecule has 0 aliphatic carbocycles. The Bertz CT molecular complexity index is 520. The van der Waals surface area contributed by atoms with E-state index in [1.807, 2.05) is 18.2 Å². The zero-order valence-electron chi connectivity index (χ0n) is 8.32. The highest BCUT2D eigenvalue weighted by Gasteiger charge is 2.09. The van der Waals surface area contributed by atoms with Crippen molar-refractivity contribution in [2.24, 2.45) is 0 Å². The third kappa shape index (κ3) is 1.52. The fourth-order valence-electron chi connectivity index (χ4n) is 1.62. The molecular formula is C12H11NO2. The van der Waals surface area contributed by atoms with Gasteiger partial charge in [-0.3, -0.25) is 4.79 Å². The number of carbonyl (C=O) groups is 1. The van der Waals surface area contributed by atoms with E-state index in [4.69, 9.17) is 0 Å². The largest absolute Gasteiger partial charge is 0.507 e. The van der Waals surface area contributed by atoms with Gasteiger partial charge in [0.15, 0.2) is 0 Å². The van der Waals surface area contributed by atoms with Crippen molar-refractivity contribution in [3.8, 4) is 5.75 Å². The van der Waals surface area contributed by atoms with Gasteiger partial charge < -0.3 is 10.4 Å². The maximum atomic E-state index is 11.5. The van der Waals surface area contributed by atoms with Gasteiger partial charge in [-0.15, -0.1) is 0 Å². The van der Waals surface area contributed by atoms with Crippen LogP contribution in [0.2, 0.25) is 0 Å². The Morgan fingerprint density at radius 1 is 1.13 bits per heavy atom. The Morgan fingerprint density at radius 2 is 1.80 bits per heavy atom. The third-order valence-electron chi connectivity index (χ3n) is 2.37. The van der Waals surface area contributed by atoms with Crippen LogP contribution in [0.5, 0.6) is 5.75 Å². The second-order valence-electron chi connectivity index (χ2n) is 3.26.